The molecule has 0 aliphatic heterocycles. The minimum absolute atomic E-state index is 0.327. The Bertz CT molecular complexity index is 1140. The Kier molecular flexibility index (Phi) is 10.6. The van der Waals surface area contributed by atoms with Crippen molar-refractivity contribution in [1.29, 1.82) is 5.26 Å². The maximum absolute atomic E-state index is 9.91. The number of ether oxygens (including phenoxy) is 4. The van der Waals surface area contributed by atoms with E-state index in [0.29, 0.717) is 24.2 Å². The number of rotatable bonds is 14. The summed E-state index contributed by atoms with van der Waals surface area (Å²) in [6, 6.07) is 21.3. The summed E-state index contributed by atoms with van der Waals surface area (Å²) in [6.07, 6.45) is 1.37. The van der Waals surface area contributed by atoms with Crippen molar-refractivity contribution in [2.75, 3.05) is 10.6 Å². The standard InChI is InChI=1S/C29H36N4O4/c1-6-27(36-21(4)34-23-14-10-8-11-15-23)32-26-19-31-29(25(18-30)20(26)3)33-28(7-2)37-22(5)35-24-16-12-9-13-17-24/h8-17,19,21-22,27-28,32H,6-7H2,1-5H3,(H,31,33). The average Bonchev–Trinajstić information content (AvgIpc) is 2.90. The lowest BCUT2D eigenvalue weighted by molar-refractivity contribution is -0.0992. The second-order valence-electron chi connectivity index (χ2n) is 8.48. The molecule has 37 heavy (non-hydrogen) atoms. The highest BCUT2D eigenvalue weighted by atomic mass is 16.7. The number of hydrogen-bond donors (Lipinski definition) is 2. The summed E-state index contributed by atoms with van der Waals surface area (Å²) in [7, 11) is 0. The van der Waals surface area contributed by atoms with Crippen molar-refractivity contribution in [2.45, 2.75) is 72.5 Å². The number of nitriles is 1. The van der Waals surface area contributed by atoms with Gasteiger partial charge in [-0.15, -0.1) is 0 Å². The van der Waals surface area contributed by atoms with Crippen LogP contribution in [0.1, 0.15) is 51.7 Å². The van der Waals surface area contributed by atoms with Gasteiger partial charge >= 0.3 is 0 Å². The van der Waals surface area contributed by atoms with Crippen molar-refractivity contribution in [3.05, 3.63) is 78.0 Å². The van der Waals surface area contributed by atoms with Crippen LogP contribution in [0.25, 0.3) is 0 Å². The Morgan fingerprint density at radius 2 is 1.30 bits per heavy atom. The van der Waals surface area contributed by atoms with Crippen molar-refractivity contribution >= 4 is 11.5 Å². The zero-order valence-corrected chi connectivity index (χ0v) is 22.1. The molecule has 0 bridgehead atoms. The molecule has 1 heterocycles. The van der Waals surface area contributed by atoms with Crippen LogP contribution in [0.5, 0.6) is 11.5 Å². The maximum Gasteiger partial charge on any atom is 0.199 e. The van der Waals surface area contributed by atoms with Crippen molar-refractivity contribution in [2.24, 2.45) is 0 Å². The highest BCUT2D eigenvalue weighted by Gasteiger charge is 2.20. The van der Waals surface area contributed by atoms with Gasteiger partial charge < -0.3 is 29.6 Å². The highest BCUT2D eigenvalue weighted by molar-refractivity contribution is 5.65. The molecule has 0 radical (unpaired) electrons. The number of hydrogen-bond acceptors (Lipinski definition) is 8. The van der Waals surface area contributed by atoms with Crippen molar-refractivity contribution in [3.63, 3.8) is 0 Å². The molecule has 0 amide bonds. The summed E-state index contributed by atoms with van der Waals surface area (Å²) in [5.74, 6) is 1.92. The number of anilines is 2. The highest BCUT2D eigenvalue weighted by Crippen LogP contribution is 2.26. The van der Waals surface area contributed by atoms with E-state index < -0.39 is 12.6 Å². The van der Waals surface area contributed by atoms with Gasteiger partial charge in [0.1, 0.15) is 35.8 Å². The normalized spacial score (nSPS) is 14.1. The van der Waals surface area contributed by atoms with Gasteiger partial charge in [0.05, 0.1) is 17.4 Å². The van der Waals surface area contributed by atoms with Gasteiger partial charge in [0.25, 0.3) is 0 Å². The third-order valence-electron chi connectivity index (χ3n) is 5.61. The first-order valence-electron chi connectivity index (χ1n) is 12.6. The molecule has 1 aromatic heterocycles. The van der Waals surface area contributed by atoms with Gasteiger partial charge in [-0.2, -0.15) is 5.26 Å². The van der Waals surface area contributed by atoms with E-state index in [1.165, 1.54) is 0 Å². The molecule has 0 spiro atoms. The monoisotopic (exact) mass is 504 g/mol. The Balaban J connectivity index is 1.64. The lowest BCUT2D eigenvalue weighted by Gasteiger charge is -2.26. The maximum atomic E-state index is 9.91. The number of pyridine rings is 1. The Hall–Kier alpha value is -3.80. The fraction of sp³-hybridized carbons (Fsp3) is 0.379. The molecule has 4 unspecified atom stereocenters. The molecule has 0 aliphatic carbocycles. The minimum atomic E-state index is -0.491. The molecule has 196 valence electrons. The van der Waals surface area contributed by atoms with Crippen molar-refractivity contribution in [1.82, 2.24) is 4.98 Å². The summed E-state index contributed by atoms with van der Waals surface area (Å²) in [5.41, 5.74) is 1.92. The third kappa shape index (κ3) is 8.38. The second-order valence-corrected chi connectivity index (χ2v) is 8.48. The summed E-state index contributed by atoms with van der Waals surface area (Å²) in [5, 5.41) is 16.5. The predicted molar refractivity (Wildman–Crippen MR) is 144 cm³/mol. The van der Waals surface area contributed by atoms with Crippen LogP contribution >= 0.6 is 0 Å². The van der Waals surface area contributed by atoms with E-state index in [9.17, 15) is 5.26 Å². The van der Waals surface area contributed by atoms with Gasteiger partial charge in [0.2, 0.25) is 0 Å². The fourth-order valence-electron chi connectivity index (χ4n) is 3.68. The first-order chi connectivity index (χ1) is 17.9. The predicted octanol–water partition coefficient (Wildman–Crippen LogP) is 6.44. The van der Waals surface area contributed by atoms with E-state index in [1.807, 2.05) is 95.3 Å². The van der Waals surface area contributed by atoms with Crippen LogP contribution in [0.15, 0.2) is 66.9 Å². The van der Waals surface area contributed by atoms with Crippen LogP contribution in [0.3, 0.4) is 0 Å². The topological polar surface area (TPSA) is 97.7 Å². The number of benzene rings is 2. The molecule has 0 aliphatic rings. The van der Waals surface area contributed by atoms with E-state index in [0.717, 1.165) is 22.7 Å². The minimum Gasteiger partial charge on any atom is -0.465 e. The lowest BCUT2D eigenvalue weighted by atomic mass is 10.1. The van der Waals surface area contributed by atoms with Crippen LogP contribution < -0.4 is 20.1 Å². The zero-order valence-electron chi connectivity index (χ0n) is 22.1. The molecule has 8 nitrogen and oxygen atoms in total. The van der Waals surface area contributed by atoms with Gasteiger partial charge in [-0.1, -0.05) is 50.2 Å². The van der Waals surface area contributed by atoms with Gasteiger partial charge in [0, 0.05) is 0 Å². The first kappa shape index (κ1) is 27.8. The van der Waals surface area contributed by atoms with Crippen molar-refractivity contribution in [3.8, 4) is 17.6 Å². The molecule has 3 aromatic rings. The fourth-order valence-corrected chi connectivity index (χ4v) is 3.68. The molecule has 3 rings (SSSR count). The number of nitrogens with one attached hydrogen (secondary N) is 2. The van der Waals surface area contributed by atoms with Gasteiger partial charge in [0.15, 0.2) is 12.6 Å². The lowest BCUT2D eigenvalue weighted by Crippen LogP contribution is -2.31. The van der Waals surface area contributed by atoms with Gasteiger partial charge in [-0.3, -0.25) is 0 Å². The molecule has 4 atom stereocenters. The molecular formula is C29H36N4O4. The Morgan fingerprint density at radius 3 is 1.76 bits per heavy atom. The quantitative estimate of drug-likeness (QED) is 0.242. The Labute approximate surface area is 219 Å². The molecule has 0 saturated carbocycles. The average molecular weight is 505 g/mol. The smallest absolute Gasteiger partial charge is 0.199 e. The zero-order chi connectivity index (χ0) is 26.6. The third-order valence-corrected chi connectivity index (χ3v) is 5.61. The largest absolute Gasteiger partial charge is 0.465 e. The summed E-state index contributed by atoms with van der Waals surface area (Å²) in [6.45, 7) is 9.57. The SMILES string of the molecule is CCC(Nc1cnc(NC(CC)OC(C)Oc2ccccc2)c(C#N)c1C)OC(C)Oc1ccccc1. The first-order valence-corrected chi connectivity index (χ1v) is 12.6. The molecule has 0 saturated heterocycles. The van der Waals surface area contributed by atoms with E-state index in [1.54, 1.807) is 6.20 Å². The molecule has 0 fully saturated rings. The van der Waals surface area contributed by atoms with Crippen LogP contribution in [-0.2, 0) is 9.47 Å². The summed E-state index contributed by atoms with van der Waals surface area (Å²) < 4.78 is 23.7. The van der Waals surface area contributed by atoms with Gasteiger partial charge in [-0.05, 0) is 63.4 Å². The molecule has 2 N–H and O–H groups in total. The number of aromatic nitrogens is 1. The van der Waals surface area contributed by atoms with Crippen LogP contribution in [0.2, 0.25) is 0 Å². The summed E-state index contributed by atoms with van der Waals surface area (Å²) in [4.78, 5) is 4.52. The summed E-state index contributed by atoms with van der Waals surface area (Å²) >= 11 is 0. The van der Waals surface area contributed by atoms with Crippen molar-refractivity contribution < 1.29 is 18.9 Å². The molecule has 2 aromatic carbocycles. The van der Waals surface area contributed by atoms with E-state index in [-0.39, 0.29) is 12.5 Å². The molecular weight excluding hydrogens is 468 g/mol. The number of para-hydroxylation sites is 2. The van der Waals surface area contributed by atoms with Crippen LogP contribution in [0, 0.1) is 18.3 Å². The van der Waals surface area contributed by atoms with E-state index >= 15 is 0 Å². The van der Waals surface area contributed by atoms with Gasteiger partial charge in [-0.25, -0.2) is 4.98 Å². The molecule has 8 heteroatoms. The van der Waals surface area contributed by atoms with E-state index in [2.05, 4.69) is 21.7 Å². The van der Waals surface area contributed by atoms with E-state index in [4.69, 9.17) is 18.9 Å². The van der Waals surface area contributed by atoms with Crippen LogP contribution in [-0.4, -0.2) is 30.0 Å². The van der Waals surface area contributed by atoms with Crippen LogP contribution in [0.4, 0.5) is 11.5 Å². The second kappa shape index (κ2) is 14.1. The number of nitrogens with zero attached hydrogens (tertiary/aromatic N) is 2. The Morgan fingerprint density at radius 1 is 0.811 bits per heavy atom.